The predicted octanol–water partition coefficient (Wildman–Crippen LogP) is 1.56. The van der Waals surface area contributed by atoms with Gasteiger partial charge in [0.05, 0.1) is 12.6 Å². The van der Waals surface area contributed by atoms with Crippen LogP contribution in [0.5, 0.6) is 0 Å². The van der Waals surface area contributed by atoms with Crippen LogP contribution < -0.4 is 11.1 Å². The third kappa shape index (κ3) is 4.54. The van der Waals surface area contributed by atoms with Gasteiger partial charge in [-0.05, 0) is 39.1 Å². The van der Waals surface area contributed by atoms with Gasteiger partial charge < -0.3 is 15.8 Å². The number of carbonyl (C=O) groups is 1. The quantitative estimate of drug-likeness (QED) is 0.766. The van der Waals surface area contributed by atoms with Crippen LogP contribution >= 0.6 is 0 Å². The monoisotopic (exact) mass is 265 g/mol. The number of rotatable bonds is 6. The summed E-state index contributed by atoms with van der Waals surface area (Å²) in [7, 11) is 3.56. The lowest BCUT2D eigenvalue weighted by molar-refractivity contribution is -0.121. The van der Waals surface area contributed by atoms with Crippen molar-refractivity contribution in [2.75, 3.05) is 31.8 Å². The van der Waals surface area contributed by atoms with Crippen LogP contribution in [0.3, 0.4) is 0 Å². The number of methoxy groups -OCH3 is 1. The molecule has 0 heterocycles. The topological polar surface area (TPSA) is 67.6 Å². The Labute approximate surface area is 114 Å². The lowest BCUT2D eigenvalue weighted by Crippen LogP contribution is -2.45. The summed E-state index contributed by atoms with van der Waals surface area (Å²) < 4.78 is 5.10. The highest BCUT2D eigenvalue weighted by atomic mass is 16.5. The first-order chi connectivity index (χ1) is 8.95. The Kier molecular flexibility index (Phi) is 5.79. The number of anilines is 2. The number of hydrogen-bond donors (Lipinski definition) is 2. The minimum Gasteiger partial charge on any atom is -0.399 e. The molecule has 1 amide bonds. The zero-order valence-electron chi connectivity index (χ0n) is 12.0. The Morgan fingerprint density at radius 1 is 1.47 bits per heavy atom. The molecule has 0 aliphatic carbocycles. The summed E-state index contributed by atoms with van der Waals surface area (Å²) in [5.41, 5.74) is 7.02. The second kappa shape index (κ2) is 7.11. The lowest BCUT2D eigenvalue weighted by atomic mass is 10.2. The maximum absolute atomic E-state index is 12.1. The van der Waals surface area contributed by atoms with E-state index in [1.165, 1.54) is 0 Å². The Morgan fingerprint density at radius 2 is 2.16 bits per heavy atom. The zero-order chi connectivity index (χ0) is 14.4. The molecule has 1 rings (SSSR count). The van der Waals surface area contributed by atoms with Gasteiger partial charge in [0.25, 0.3) is 0 Å². The van der Waals surface area contributed by atoms with Crippen LogP contribution in [0.15, 0.2) is 24.3 Å². The van der Waals surface area contributed by atoms with E-state index in [2.05, 4.69) is 5.32 Å². The van der Waals surface area contributed by atoms with Gasteiger partial charge in [-0.3, -0.25) is 9.69 Å². The number of nitrogens with one attached hydrogen (secondary N) is 1. The third-order valence-electron chi connectivity index (χ3n) is 3.25. The Hall–Kier alpha value is -1.59. The number of nitrogen functional groups attached to an aromatic ring is 1. The van der Waals surface area contributed by atoms with E-state index >= 15 is 0 Å². The van der Waals surface area contributed by atoms with Crippen LogP contribution in [-0.2, 0) is 9.53 Å². The molecule has 2 unspecified atom stereocenters. The molecule has 0 saturated carbocycles. The van der Waals surface area contributed by atoms with Crippen molar-refractivity contribution in [2.24, 2.45) is 0 Å². The van der Waals surface area contributed by atoms with Gasteiger partial charge in [0.2, 0.25) is 5.91 Å². The summed E-state index contributed by atoms with van der Waals surface area (Å²) in [6, 6.07) is 7.08. The second-order valence-corrected chi connectivity index (χ2v) is 4.76. The van der Waals surface area contributed by atoms with Gasteiger partial charge in [-0.1, -0.05) is 6.07 Å². The van der Waals surface area contributed by atoms with Crippen LogP contribution in [0.25, 0.3) is 0 Å². The van der Waals surface area contributed by atoms with E-state index < -0.39 is 0 Å². The standard InChI is InChI=1S/C14H23N3O2/c1-10(9-19-4)17(3)11(2)14(18)16-13-7-5-6-12(15)8-13/h5-8,10-11H,9,15H2,1-4H3,(H,16,18). The van der Waals surface area contributed by atoms with E-state index in [0.29, 0.717) is 18.0 Å². The number of benzene rings is 1. The molecule has 1 aromatic carbocycles. The van der Waals surface area contributed by atoms with Crippen molar-refractivity contribution in [1.82, 2.24) is 4.90 Å². The summed E-state index contributed by atoms with van der Waals surface area (Å²) in [6.07, 6.45) is 0. The molecule has 0 fully saturated rings. The van der Waals surface area contributed by atoms with Gasteiger partial charge in [0.15, 0.2) is 0 Å². The van der Waals surface area contributed by atoms with Gasteiger partial charge in [0.1, 0.15) is 0 Å². The molecular formula is C14H23N3O2. The minimum atomic E-state index is -0.244. The molecule has 0 spiro atoms. The van der Waals surface area contributed by atoms with Crippen LogP contribution in [0.2, 0.25) is 0 Å². The van der Waals surface area contributed by atoms with Crippen LogP contribution in [0.1, 0.15) is 13.8 Å². The molecule has 106 valence electrons. The molecule has 19 heavy (non-hydrogen) atoms. The average molecular weight is 265 g/mol. The Balaban J connectivity index is 2.62. The van der Waals surface area contributed by atoms with E-state index in [0.717, 1.165) is 0 Å². The normalized spacial score (nSPS) is 14.2. The predicted molar refractivity (Wildman–Crippen MR) is 78.0 cm³/mol. The molecule has 5 nitrogen and oxygen atoms in total. The molecule has 2 atom stereocenters. The molecule has 0 aromatic heterocycles. The van der Waals surface area contributed by atoms with Crippen molar-refractivity contribution in [3.63, 3.8) is 0 Å². The van der Waals surface area contributed by atoms with Crippen LogP contribution in [0.4, 0.5) is 11.4 Å². The molecule has 0 bridgehead atoms. The number of nitrogens with two attached hydrogens (primary N) is 1. The van der Waals surface area contributed by atoms with E-state index in [1.54, 1.807) is 19.2 Å². The molecule has 1 aromatic rings. The zero-order valence-corrected chi connectivity index (χ0v) is 12.0. The first kappa shape index (κ1) is 15.5. The number of amides is 1. The van der Waals surface area contributed by atoms with Crippen molar-refractivity contribution in [2.45, 2.75) is 25.9 Å². The SMILES string of the molecule is COCC(C)N(C)C(C)C(=O)Nc1cccc(N)c1. The molecule has 5 heteroatoms. The van der Waals surface area contributed by atoms with Gasteiger partial charge in [0, 0.05) is 24.5 Å². The number of likely N-dealkylation sites (N-methyl/N-ethyl adjacent to an activating group) is 1. The van der Waals surface area contributed by atoms with Gasteiger partial charge in [-0.15, -0.1) is 0 Å². The van der Waals surface area contributed by atoms with Gasteiger partial charge in [-0.2, -0.15) is 0 Å². The highest BCUT2D eigenvalue weighted by molar-refractivity contribution is 5.94. The number of nitrogens with zero attached hydrogens (tertiary/aromatic N) is 1. The molecular weight excluding hydrogens is 242 g/mol. The van der Waals surface area contributed by atoms with Crippen molar-refractivity contribution in [3.8, 4) is 0 Å². The fraction of sp³-hybridized carbons (Fsp3) is 0.500. The number of ether oxygens (including phenoxy) is 1. The van der Waals surface area contributed by atoms with Crippen molar-refractivity contribution in [1.29, 1.82) is 0 Å². The largest absolute Gasteiger partial charge is 0.399 e. The second-order valence-electron chi connectivity index (χ2n) is 4.76. The minimum absolute atomic E-state index is 0.0592. The van der Waals surface area contributed by atoms with E-state index in [4.69, 9.17) is 10.5 Å². The molecule has 0 aliphatic heterocycles. The van der Waals surface area contributed by atoms with E-state index in [-0.39, 0.29) is 18.0 Å². The summed E-state index contributed by atoms with van der Waals surface area (Å²) in [4.78, 5) is 14.1. The maximum atomic E-state index is 12.1. The van der Waals surface area contributed by atoms with Crippen molar-refractivity contribution < 1.29 is 9.53 Å². The highest BCUT2D eigenvalue weighted by Gasteiger charge is 2.22. The number of hydrogen-bond acceptors (Lipinski definition) is 4. The molecule has 0 saturated heterocycles. The fourth-order valence-corrected chi connectivity index (χ4v) is 1.79. The lowest BCUT2D eigenvalue weighted by Gasteiger charge is -2.29. The summed E-state index contributed by atoms with van der Waals surface area (Å²) in [5, 5.41) is 2.86. The highest BCUT2D eigenvalue weighted by Crippen LogP contribution is 2.13. The Morgan fingerprint density at radius 3 is 2.74 bits per heavy atom. The summed E-state index contributed by atoms with van der Waals surface area (Å²) in [5.74, 6) is -0.0592. The maximum Gasteiger partial charge on any atom is 0.241 e. The van der Waals surface area contributed by atoms with E-state index in [9.17, 15) is 4.79 Å². The van der Waals surface area contributed by atoms with E-state index in [1.807, 2.05) is 37.9 Å². The first-order valence-electron chi connectivity index (χ1n) is 6.33. The summed E-state index contributed by atoms with van der Waals surface area (Å²) in [6.45, 7) is 4.48. The average Bonchev–Trinajstić information content (AvgIpc) is 2.37. The van der Waals surface area contributed by atoms with Gasteiger partial charge in [-0.25, -0.2) is 0 Å². The van der Waals surface area contributed by atoms with Crippen LogP contribution in [-0.4, -0.2) is 43.7 Å². The summed E-state index contributed by atoms with van der Waals surface area (Å²) >= 11 is 0. The van der Waals surface area contributed by atoms with Crippen LogP contribution in [0, 0.1) is 0 Å². The molecule has 0 aliphatic rings. The fourth-order valence-electron chi connectivity index (χ4n) is 1.79. The molecule has 3 N–H and O–H groups in total. The molecule has 0 radical (unpaired) electrons. The smallest absolute Gasteiger partial charge is 0.241 e. The Bertz CT molecular complexity index is 423. The third-order valence-corrected chi connectivity index (χ3v) is 3.25. The van der Waals surface area contributed by atoms with Crippen molar-refractivity contribution in [3.05, 3.63) is 24.3 Å². The van der Waals surface area contributed by atoms with Gasteiger partial charge >= 0.3 is 0 Å². The number of carbonyl (C=O) groups excluding carboxylic acids is 1. The van der Waals surface area contributed by atoms with Crippen molar-refractivity contribution >= 4 is 17.3 Å². The first-order valence-corrected chi connectivity index (χ1v) is 6.33.